The van der Waals surface area contributed by atoms with E-state index in [0.29, 0.717) is 27.1 Å². The molecule has 22 heavy (non-hydrogen) atoms. The van der Waals surface area contributed by atoms with Gasteiger partial charge in [-0.25, -0.2) is 0 Å². The fourth-order valence-electron chi connectivity index (χ4n) is 2.79. The fraction of sp³-hybridized carbons (Fsp3) is 0.353. The number of rotatable bonds is 3. The van der Waals surface area contributed by atoms with Gasteiger partial charge in [0.25, 0.3) is 5.91 Å². The maximum Gasteiger partial charge on any atom is 0.287 e. The molecule has 1 aliphatic rings. The summed E-state index contributed by atoms with van der Waals surface area (Å²) in [6.45, 7) is 0. The van der Waals surface area contributed by atoms with E-state index in [1.54, 1.807) is 30.3 Å². The Balaban J connectivity index is 1.75. The number of hydrogen-bond donors (Lipinski definition) is 1. The molecule has 1 aromatic carbocycles. The van der Waals surface area contributed by atoms with Gasteiger partial charge >= 0.3 is 0 Å². The molecule has 0 spiro atoms. The van der Waals surface area contributed by atoms with E-state index in [1.807, 2.05) is 0 Å². The van der Waals surface area contributed by atoms with Gasteiger partial charge in [0.1, 0.15) is 5.76 Å². The molecule has 1 amide bonds. The predicted octanol–water partition coefficient (Wildman–Crippen LogP) is 5.32. The summed E-state index contributed by atoms with van der Waals surface area (Å²) < 4.78 is 5.65. The van der Waals surface area contributed by atoms with E-state index in [9.17, 15) is 4.79 Å². The van der Waals surface area contributed by atoms with Gasteiger partial charge < -0.3 is 9.73 Å². The lowest BCUT2D eigenvalue weighted by atomic mass is 9.95. The topological polar surface area (TPSA) is 42.2 Å². The van der Waals surface area contributed by atoms with Crippen molar-refractivity contribution in [2.45, 2.75) is 38.1 Å². The fourth-order valence-corrected chi connectivity index (χ4v) is 3.18. The average Bonchev–Trinajstić information content (AvgIpc) is 3.00. The van der Waals surface area contributed by atoms with Crippen LogP contribution in [0.25, 0.3) is 11.3 Å². The van der Waals surface area contributed by atoms with Gasteiger partial charge in [0.15, 0.2) is 5.76 Å². The Morgan fingerprint density at radius 3 is 2.64 bits per heavy atom. The summed E-state index contributed by atoms with van der Waals surface area (Å²) in [6, 6.07) is 8.82. The summed E-state index contributed by atoms with van der Waals surface area (Å²) in [5.41, 5.74) is 0.686. The molecule has 1 saturated carbocycles. The molecule has 1 aromatic heterocycles. The third-order valence-corrected chi connectivity index (χ3v) is 4.53. The molecule has 1 N–H and O–H groups in total. The minimum absolute atomic E-state index is 0.170. The van der Waals surface area contributed by atoms with Crippen LogP contribution in [0.5, 0.6) is 0 Å². The zero-order valence-electron chi connectivity index (χ0n) is 12.1. The lowest BCUT2D eigenvalue weighted by Crippen LogP contribution is -2.35. The van der Waals surface area contributed by atoms with Crippen LogP contribution in [0, 0.1) is 0 Å². The van der Waals surface area contributed by atoms with Crippen molar-refractivity contribution in [3.05, 3.63) is 46.1 Å². The van der Waals surface area contributed by atoms with E-state index in [0.717, 1.165) is 12.8 Å². The molecule has 0 unspecified atom stereocenters. The van der Waals surface area contributed by atoms with Crippen LogP contribution in [0.4, 0.5) is 0 Å². The van der Waals surface area contributed by atoms with Gasteiger partial charge in [0.2, 0.25) is 0 Å². The molecule has 1 heterocycles. The van der Waals surface area contributed by atoms with E-state index < -0.39 is 0 Å². The lowest BCUT2D eigenvalue weighted by molar-refractivity contribution is 0.0900. The molecule has 0 bridgehead atoms. The highest BCUT2D eigenvalue weighted by Gasteiger charge is 2.19. The van der Waals surface area contributed by atoms with Gasteiger partial charge in [0, 0.05) is 16.6 Å². The quantitative estimate of drug-likeness (QED) is 0.823. The van der Waals surface area contributed by atoms with E-state index >= 15 is 0 Å². The zero-order valence-corrected chi connectivity index (χ0v) is 13.6. The molecular formula is C17H17Cl2NO2. The number of furan rings is 1. The highest BCUT2D eigenvalue weighted by atomic mass is 35.5. The van der Waals surface area contributed by atoms with Crippen molar-refractivity contribution < 1.29 is 9.21 Å². The Hall–Kier alpha value is -1.45. The third kappa shape index (κ3) is 3.47. The largest absolute Gasteiger partial charge is 0.451 e. The van der Waals surface area contributed by atoms with Crippen LogP contribution in [0.1, 0.15) is 42.7 Å². The Labute approximate surface area is 139 Å². The molecule has 0 atom stereocenters. The molecule has 2 aromatic rings. The van der Waals surface area contributed by atoms with Crippen LogP contribution >= 0.6 is 23.2 Å². The number of benzene rings is 1. The first-order valence-electron chi connectivity index (χ1n) is 7.49. The van der Waals surface area contributed by atoms with E-state index in [4.69, 9.17) is 27.6 Å². The van der Waals surface area contributed by atoms with Crippen molar-refractivity contribution in [3.8, 4) is 11.3 Å². The second-order valence-electron chi connectivity index (χ2n) is 5.60. The van der Waals surface area contributed by atoms with Crippen molar-refractivity contribution >= 4 is 29.1 Å². The van der Waals surface area contributed by atoms with Crippen molar-refractivity contribution in [2.24, 2.45) is 0 Å². The molecule has 3 rings (SSSR count). The first-order valence-corrected chi connectivity index (χ1v) is 8.25. The van der Waals surface area contributed by atoms with Crippen molar-refractivity contribution in [1.82, 2.24) is 5.32 Å². The summed E-state index contributed by atoms with van der Waals surface area (Å²) in [6.07, 6.45) is 5.68. The summed E-state index contributed by atoms with van der Waals surface area (Å²) in [5.74, 6) is 0.675. The van der Waals surface area contributed by atoms with Crippen LogP contribution in [-0.4, -0.2) is 11.9 Å². The Morgan fingerprint density at radius 2 is 1.86 bits per heavy atom. The average molecular weight is 338 g/mol. The number of carbonyl (C=O) groups excluding carboxylic acids is 1. The number of halogens is 2. The maximum absolute atomic E-state index is 12.2. The monoisotopic (exact) mass is 337 g/mol. The van der Waals surface area contributed by atoms with Gasteiger partial charge in [-0.05, 0) is 43.2 Å². The molecule has 0 radical (unpaired) electrons. The minimum Gasteiger partial charge on any atom is -0.451 e. The first kappa shape index (κ1) is 15.4. The highest BCUT2D eigenvalue weighted by Crippen LogP contribution is 2.31. The van der Waals surface area contributed by atoms with Crippen LogP contribution in [0.3, 0.4) is 0 Å². The Kier molecular flexibility index (Phi) is 4.74. The van der Waals surface area contributed by atoms with Crippen molar-refractivity contribution in [1.29, 1.82) is 0 Å². The third-order valence-electron chi connectivity index (χ3n) is 3.96. The number of carbonyl (C=O) groups is 1. The van der Waals surface area contributed by atoms with Crippen molar-refractivity contribution in [3.63, 3.8) is 0 Å². The molecule has 1 aliphatic carbocycles. The Morgan fingerprint density at radius 1 is 1.09 bits per heavy atom. The van der Waals surface area contributed by atoms with E-state index in [1.165, 1.54) is 19.3 Å². The van der Waals surface area contributed by atoms with Crippen LogP contribution in [0.2, 0.25) is 10.0 Å². The second-order valence-corrected chi connectivity index (χ2v) is 6.44. The SMILES string of the molecule is O=C(NC1CCCCC1)c1ccc(-c2cc(Cl)ccc2Cl)o1. The summed E-state index contributed by atoms with van der Waals surface area (Å²) in [7, 11) is 0. The molecule has 1 fully saturated rings. The Bertz CT molecular complexity index is 675. The predicted molar refractivity (Wildman–Crippen MR) is 88.5 cm³/mol. The second kappa shape index (κ2) is 6.76. The van der Waals surface area contributed by atoms with Crippen LogP contribution in [0.15, 0.2) is 34.7 Å². The van der Waals surface area contributed by atoms with E-state index in [2.05, 4.69) is 5.32 Å². The summed E-state index contributed by atoms with van der Waals surface area (Å²) in [5, 5.41) is 4.15. The lowest BCUT2D eigenvalue weighted by Gasteiger charge is -2.22. The summed E-state index contributed by atoms with van der Waals surface area (Å²) in [4.78, 5) is 12.2. The number of nitrogens with one attached hydrogen (secondary N) is 1. The van der Waals surface area contributed by atoms with Crippen LogP contribution < -0.4 is 5.32 Å². The van der Waals surface area contributed by atoms with Crippen LogP contribution in [-0.2, 0) is 0 Å². The smallest absolute Gasteiger partial charge is 0.287 e. The van der Waals surface area contributed by atoms with Gasteiger partial charge in [0.05, 0.1) is 5.02 Å². The molecular weight excluding hydrogens is 321 g/mol. The summed E-state index contributed by atoms with van der Waals surface area (Å²) >= 11 is 12.1. The standard InChI is InChI=1S/C17H17Cl2NO2/c18-11-6-7-14(19)13(10-11)15-8-9-16(22-15)17(21)20-12-4-2-1-3-5-12/h6-10,12H,1-5H2,(H,20,21). The molecule has 3 nitrogen and oxygen atoms in total. The molecule has 0 saturated heterocycles. The number of hydrogen-bond acceptors (Lipinski definition) is 2. The van der Waals surface area contributed by atoms with Crippen molar-refractivity contribution in [2.75, 3.05) is 0 Å². The molecule has 5 heteroatoms. The number of amides is 1. The normalized spacial score (nSPS) is 15.7. The minimum atomic E-state index is -0.170. The van der Waals surface area contributed by atoms with E-state index in [-0.39, 0.29) is 11.9 Å². The molecule has 0 aliphatic heterocycles. The first-order chi connectivity index (χ1) is 10.6. The van der Waals surface area contributed by atoms with Gasteiger partial charge in [-0.3, -0.25) is 4.79 Å². The van der Waals surface area contributed by atoms with Gasteiger partial charge in [-0.2, -0.15) is 0 Å². The van der Waals surface area contributed by atoms with Gasteiger partial charge in [-0.15, -0.1) is 0 Å². The highest BCUT2D eigenvalue weighted by molar-refractivity contribution is 6.35. The maximum atomic E-state index is 12.2. The zero-order chi connectivity index (χ0) is 15.5. The molecule has 116 valence electrons. The van der Waals surface area contributed by atoms with Gasteiger partial charge in [-0.1, -0.05) is 42.5 Å².